The Morgan fingerprint density at radius 1 is 1.29 bits per heavy atom. The van der Waals surface area contributed by atoms with Crippen molar-refractivity contribution in [1.82, 2.24) is 9.97 Å². The highest BCUT2D eigenvalue weighted by atomic mass is 79.9. The Morgan fingerprint density at radius 3 is 2.47 bits per heavy atom. The van der Waals surface area contributed by atoms with Gasteiger partial charge in [0.2, 0.25) is 0 Å². The molecule has 7 heteroatoms. The second-order valence-corrected chi connectivity index (χ2v) is 4.35. The number of nitro benzene ring substituents is 1. The molecule has 1 aromatic carbocycles. The van der Waals surface area contributed by atoms with E-state index in [1.54, 1.807) is 12.1 Å². The van der Waals surface area contributed by atoms with E-state index in [0.717, 1.165) is 0 Å². The maximum absolute atomic E-state index is 10.5. The number of hydrogen-bond acceptors (Lipinski definition) is 4. The minimum absolute atomic E-state index is 0.0250. The van der Waals surface area contributed by atoms with E-state index in [-0.39, 0.29) is 5.69 Å². The third-order valence-electron chi connectivity index (χ3n) is 2.04. The summed E-state index contributed by atoms with van der Waals surface area (Å²) in [6, 6.07) is 5.96. The van der Waals surface area contributed by atoms with Crippen LogP contribution in [0.15, 0.2) is 34.9 Å². The van der Waals surface area contributed by atoms with Gasteiger partial charge in [-0.2, -0.15) is 0 Å². The summed E-state index contributed by atoms with van der Waals surface area (Å²) in [4.78, 5) is 18.2. The third-order valence-corrected chi connectivity index (χ3v) is 3.13. The molecular formula is C10H5BrClN3O2. The average Bonchev–Trinajstić information content (AvgIpc) is 2.33. The number of halogens is 2. The van der Waals surface area contributed by atoms with Gasteiger partial charge in [-0.1, -0.05) is 11.6 Å². The van der Waals surface area contributed by atoms with Crippen molar-refractivity contribution in [2.45, 2.75) is 0 Å². The van der Waals surface area contributed by atoms with Crippen LogP contribution in [0.1, 0.15) is 0 Å². The normalized spacial score (nSPS) is 10.2. The molecule has 0 amide bonds. The van der Waals surface area contributed by atoms with Crippen molar-refractivity contribution in [2.75, 3.05) is 0 Å². The molecule has 86 valence electrons. The Morgan fingerprint density at radius 2 is 1.94 bits per heavy atom. The van der Waals surface area contributed by atoms with Gasteiger partial charge < -0.3 is 0 Å². The van der Waals surface area contributed by atoms with E-state index in [1.807, 2.05) is 0 Å². The fourth-order valence-corrected chi connectivity index (χ4v) is 1.54. The average molecular weight is 315 g/mol. The van der Waals surface area contributed by atoms with Gasteiger partial charge in [-0.25, -0.2) is 9.97 Å². The van der Waals surface area contributed by atoms with Crippen LogP contribution in [0.5, 0.6) is 0 Å². The topological polar surface area (TPSA) is 68.9 Å². The molecule has 0 aliphatic rings. The first-order chi connectivity index (χ1) is 8.08. The van der Waals surface area contributed by atoms with Crippen LogP contribution >= 0.6 is 27.5 Å². The summed E-state index contributed by atoms with van der Waals surface area (Å²) < 4.78 is 0.602. The van der Waals surface area contributed by atoms with Crippen molar-refractivity contribution in [3.8, 4) is 11.4 Å². The molecule has 0 aliphatic carbocycles. The summed E-state index contributed by atoms with van der Waals surface area (Å²) in [5.41, 5.74) is 0.696. The van der Waals surface area contributed by atoms with E-state index in [4.69, 9.17) is 11.6 Å². The van der Waals surface area contributed by atoms with Crippen molar-refractivity contribution in [3.05, 3.63) is 50.2 Å². The summed E-state index contributed by atoms with van der Waals surface area (Å²) in [5.74, 6) is 0.424. The molecule has 0 aliphatic heterocycles. The second kappa shape index (κ2) is 4.77. The zero-order valence-corrected chi connectivity index (χ0v) is 10.6. The van der Waals surface area contributed by atoms with Crippen molar-refractivity contribution in [3.63, 3.8) is 0 Å². The fourth-order valence-electron chi connectivity index (χ4n) is 1.22. The van der Waals surface area contributed by atoms with Gasteiger partial charge in [-0.15, -0.1) is 0 Å². The molecule has 0 saturated heterocycles. The number of hydrogen-bond donors (Lipinski definition) is 0. The van der Waals surface area contributed by atoms with Crippen LogP contribution in [0.3, 0.4) is 0 Å². The van der Waals surface area contributed by atoms with Crippen LogP contribution in [0.4, 0.5) is 5.69 Å². The smallest absolute Gasteiger partial charge is 0.258 e. The van der Waals surface area contributed by atoms with Crippen LogP contribution in [-0.4, -0.2) is 14.9 Å². The molecule has 2 rings (SSSR count). The fraction of sp³-hybridized carbons (Fsp3) is 0. The van der Waals surface area contributed by atoms with Crippen molar-refractivity contribution < 1.29 is 4.92 Å². The van der Waals surface area contributed by atoms with Crippen LogP contribution in [-0.2, 0) is 0 Å². The highest BCUT2D eigenvalue weighted by molar-refractivity contribution is 9.10. The van der Waals surface area contributed by atoms with Crippen LogP contribution in [0, 0.1) is 10.1 Å². The van der Waals surface area contributed by atoms with Crippen molar-refractivity contribution in [2.24, 2.45) is 0 Å². The molecule has 0 saturated carbocycles. The Hall–Kier alpha value is -1.53. The second-order valence-electron chi connectivity index (χ2n) is 3.14. The lowest BCUT2D eigenvalue weighted by molar-refractivity contribution is -0.384. The van der Waals surface area contributed by atoms with Crippen molar-refractivity contribution >= 4 is 33.2 Å². The lowest BCUT2D eigenvalue weighted by Gasteiger charge is -2.01. The summed E-state index contributed by atoms with van der Waals surface area (Å²) >= 11 is 9.03. The predicted octanol–water partition coefficient (Wildman–Crippen LogP) is 3.47. The number of rotatable bonds is 2. The van der Waals surface area contributed by atoms with E-state index in [9.17, 15) is 10.1 Å². The minimum atomic E-state index is -0.459. The monoisotopic (exact) mass is 313 g/mol. The molecule has 0 radical (unpaired) electrons. The maximum Gasteiger partial charge on any atom is 0.269 e. The van der Waals surface area contributed by atoms with Crippen LogP contribution in [0.2, 0.25) is 5.15 Å². The minimum Gasteiger partial charge on any atom is -0.258 e. The molecule has 2 aromatic rings. The maximum atomic E-state index is 10.5. The number of nitrogens with zero attached hydrogens (tertiary/aromatic N) is 3. The largest absolute Gasteiger partial charge is 0.269 e. The van der Waals surface area contributed by atoms with Gasteiger partial charge in [0.1, 0.15) is 5.15 Å². The van der Waals surface area contributed by atoms with Crippen LogP contribution < -0.4 is 0 Å². The Balaban J connectivity index is 2.39. The highest BCUT2D eigenvalue weighted by Gasteiger charge is 2.08. The molecule has 0 atom stereocenters. The molecule has 5 nitrogen and oxygen atoms in total. The first-order valence-corrected chi connectivity index (χ1v) is 5.68. The van der Waals surface area contributed by atoms with Gasteiger partial charge in [0.15, 0.2) is 5.82 Å². The molecule has 0 unspecified atom stereocenters. The molecule has 17 heavy (non-hydrogen) atoms. The molecule has 0 spiro atoms. The van der Waals surface area contributed by atoms with Gasteiger partial charge in [0.25, 0.3) is 5.69 Å². The van der Waals surface area contributed by atoms with Crippen LogP contribution in [0.25, 0.3) is 11.4 Å². The number of nitro groups is 1. The van der Waals surface area contributed by atoms with E-state index in [1.165, 1.54) is 18.3 Å². The predicted molar refractivity (Wildman–Crippen MR) is 66.8 cm³/mol. The molecule has 0 bridgehead atoms. The highest BCUT2D eigenvalue weighted by Crippen LogP contribution is 2.24. The molecule has 0 N–H and O–H groups in total. The summed E-state index contributed by atoms with van der Waals surface area (Å²) in [6.45, 7) is 0. The van der Waals surface area contributed by atoms with Gasteiger partial charge in [-0.05, 0) is 28.1 Å². The van der Waals surface area contributed by atoms with Gasteiger partial charge in [0.05, 0.1) is 9.40 Å². The van der Waals surface area contributed by atoms with Gasteiger partial charge in [0, 0.05) is 23.9 Å². The van der Waals surface area contributed by atoms with E-state index in [0.29, 0.717) is 21.0 Å². The number of aromatic nitrogens is 2. The van der Waals surface area contributed by atoms with Gasteiger partial charge >= 0.3 is 0 Å². The molecular weight excluding hydrogens is 309 g/mol. The standard InChI is InChI=1S/C10H5BrClN3O2/c11-8-5-13-10(14-9(8)12)6-1-3-7(4-2-6)15(16)17/h1-5H. The SMILES string of the molecule is O=[N+]([O-])c1ccc(-c2ncc(Br)c(Cl)n2)cc1. The van der Waals surface area contributed by atoms with E-state index >= 15 is 0 Å². The summed E-state index contributed by atoms with van der Waals surface area (Å²) in [6.07, 6.45) is 1.53. The van der Waals surface area contributed by atoms with Gasteiger partial charge in [-0.3, -0.25) is 10.1 Å². The lowest BCUT2D eigenvalue weighted by atomic mass is 10.2. The van der Waals surface area contributed by atoms with Crippen molar-refractivity contribution in [1.29, 1.82) is 0 Å². The quantitative estimate of drug-likeness (QED) is 0.483. The molecule has 1 heterocycles. The first kappa shape index (κ1) is 11.9. The summed E-state index contributed by atoms with van der Waals surface area (Å²) in [5, 5.41) is 10.8. The zero-order valence-electron chi connectivity index (χ0n) is 8.30. The number of non-ortho nitro benzene ring substituents is 1. The zero-order chi connectivity index (χ0) is 12.4. The molecule has 1 aromatic heterocycles. The Bertz CT molecular complexity index is 574. The first-order valence-electron chi connectivity index (χ1n) is 4.51. The van der Waals surface area contributed by atoms with E-state index < -0.39 is 4.92 Å². The third kappa shape index (κ3) is 2.59. The number of benzene rings is 1. The van der Waals surface area contributed by atoms with E-state index in [2.05, 4.69) is 25.9 Å². The molecule has 0 fully saturated rings. The lowest BCUT2D eigenvalue weighted by Crippen LogP contribution is -1.91. The Labute approximate surface area is 110 Å². The Kier molecular flexibility index (Phi) is 3.35. The summed E-state index contributed by atoms with van der Waals surface area (Å²) in [7, 11) is 0.